The van der Waals surface area contributed by atoms with Gasteiger partial charge in [-0.3, -0.25) is 4.79 Å². The average Bonchev–Trinajstić information content (AvgIpc) is 2.43. The molecule has 0 radical (unpaired) electrons. The van der Waals surface area contributed by atoms with Gasteiger partial charge in [0.15, 0.2) is 0 Å². The summed E-state index contributed by atoms with van der Waals surface area (Å²) in [6, 6.07) is -0.375. The average molecular weight is 276 g/mol. The summed E-state index contributed by atoms with van der Waals surface area (Å²) in [6.45, 7) is 5.98. The van der Waals surface area contributed by atoms with Gasteiger partial charge < -0.3 is 11.1 Å². The van der Waals surface area contributed by atoms with Crippen LogP contribution in [0.2, 0.25) is 0 Å². The Bertz CT molecular complexity index is 501. The largest absolute Gasteiger partial charge is 0.368 e. The molecule has 0 aliphatic heterocycles. The summed E-state index contributed by atoms with van der Waals surface area (Å²) in [5.74, 6) is 1.42. The summed E-state index contributed by atoms with van der Waals surface area (Å²) < 4.78 is 0. The molecule has 0 bridgehead atoms. The highest BCUT2D eigenvalue weighted by molar-refractivity contribution is 5.83. The molecule has 3 N–H and O–H groups in total. The first-order chi connectivity index (χ1) is 9.52. The van der Waals surface area contributed by atoms with E-state index in [2.05, 4.69) is 22.2 Å². The summed E-state index contributed by atoms with van der Waals surface area (Å²) in [4.78, 5) is 20.7. The number of carbonyl (C=O) groups is 1. The first kappa shape index (κ1) is 14.8. The van der Waals surface area contributed by atoms with E-state index in [0.29, 0.717) is 0 Å². The van der Waals surface area contributed by atoms with Crippen LogP contribution in [0.25, 0.3) is 0 Å². The minimum Gasteiger partial charge on any atom is -0.368 e. The standard InChI is InChI=1S/C15H24N4O/c1-4-9(2)13(14(16)20)19-15-11-7-5-6-8-12(11)17-10(3)18-15/h9,13H,4-8H2,1-3H3,(H2,16,20)(H,17,18,19). The third-order valence-electron chi connectivity index (χ3n) is 4.11. The lowest BCUT2D eigenvalue weighted by molar-refractivity contribution is -0.119. The molecule has 2 unspecified atom stereocenters. The van der Waals surface area contributed by atoms with E-state index in [4.69, 9.17) is 5.73 Å². The molecule has 0 aromatic carbocycles. The van der Waals surface area contributed by atoms with Crippen molar-refractivity contribution in [3.63, 3.8) is 0 Å². The van der Waals surface area contributed by atoms with Gasteiger partial charge in [-0.25, -0.2) is 9.97 Å². The van der Waals surface area contributed by atoms with Gasteiger partial charge in [0.2, 0.25) is 5.91 Å². The molecule has 1 aliphatic rings. The molecular weight excluding hydrogens is 252 g/mol. The van der Waals surface area contributed by atoms with Crippen molar-refractivity contribution in [1.82, 2.24) is 9.97 Å². The highest BCUT2D eigenvalue weighted by Gasteiger charge is 2.25. The second-order valence-corrected chi connectivity index (χ2v) is 5.66. The van der Waals surface area contributed by atoms with E-state index in [9.17, 15) is 4.79 Å². The van der Waals surface area contributed by atoms with Crippen LogP contribution in [0.4, 0.5) is 5.82 Å². The predicted octanol–water partition coefficient (Wildman–Crippen LogP) is 1.98. The van der Waals surface area contributed by atoms with Crippen molar-refractivity contribution in [2.24, 2.45) is 11.7 Å². The number of aryl methyl sites for hydroxylation is 2. The Hall–Kier alpha value is -1.65. The zero-order valence-corrected chi connectivity index (χ0v) is 12.6. The van der Waals surface area contributed by atoms with Gasteiger partial charge >= 0.3 is 0 Å². The molecule has 1 aromatic heterocycles. The minimum absolute atomic E-state index is 0.182. The van der Waals surface area contributed by atoms with Crippen molar-refractivity contribution in [2.45, 2.75) is 58.9 Å². The molecule has 0 saturated heterocycles. The predicted molar refractivity (Wildman–Crippen MR) is 79.5 cm³/mol. The molecule has 0 spiro atoms. The van der Waals surface area contributed by atoms with Gasteiger partial charge in [0.05, 0.1) is 0 Å². The maximum Gasteiger partial charge on any atom is 0.240 e. The molecule has 0 saturated carbocycles. The molecule has 2 rings (SSSR count). The minimum atomic E-state index is -0.375. The highest BCUT2D eigenvalue weighted by atomic mass is 16.1. The van der Waals surface area contributed by atoms with Gasteiger partial charge in [-0.1, -0.05) is 20.3 Å². The van der Waals surface area contributed by atoms with E-state index in [-0.39, 0.29) is 17.9 Å². The van der Waals surface area contributed by atoms with Crippen molar-refractivity contribution >= 4 is 11.7 Å². The summed E-state index contributed by atoms with van der Waals surface area (Å²) in [7, 11) is 0. The van der Waals surface area contributed by atoms with E-state index >= 15 is 0 Å². The fraction of sp³-hybridized carbons (Fsp3) is 0.667. The number of fused-ring (bicyclic) bond motifs is 1. The Morgan fingerprint density at radius 2 is 2.05 bits per heavy atom. The van der Waals surface area contributed by atoms with Crippen LogP contribution >= 0.6 is 0 Å². The zero-order valence-electron chi connectivity index (χ0n) is 12.6. The maximum absolute atomic E-state index is 11.7. The molecule has 1 aromatic rings. The van der Waals surface area contributed by atoms with Crippen LogP contribution in [0, 0.1) is 12.8 Å². The van der Waals surface area contributed by atoms with E-state index in [0.717, 1.165) is 48.6 Å². The van der Waals surface area contributed by atoms with Crippen molar-refractivity contribution in [3.8, 4) is 0 Å². The second-order valence-electron chi connectivity index (χ2n) is 5.66. The number of hydrogen-bond donors (Lipinski definition) is 2. The quantitative estimate of drug-likeness (QED) is 0.861. The number of amides is 1. The smallest absolute Gasteiger partial charge is 0.240 e. The molecule has 1 aliphatic carbocycles. The highest BCUT2D eigenvalue weighted by Crippen LogP contribution is 2.26. The molecule has 0 fully saturated rings. The van der Waals surface area contributed by atoms with E-state index in [1.807, 2.05) is 13.8 Å². The van der Waals surface area contributed by atoms with Gasteiger partial charge in [-0.05, 0) is 38.5 Å². The molecule has 1 heterocycles. The molecule has 2 atom stereocenters. The number of nitrogens with one attached hydrogen (secondary N) is 1. The van der Waals surface area contributed by atoms with Crippen molar-refractivity contribution in [1.29, 1.82) is 0 Å². The van der Waals surface area contributed by atoms with E-state index < -0.39 is 0 Å². The Morgan fingerprint density at radius 1 is 1.35 bits per heavy atom. The molecule has 110 valence electrons. The summed E-state index contributed by atoms with van der Waals surface area (Å²) in [6.07, 6.45) is 5.20. The second kappa shape index (κ2) is 6.20. The van der Waals surface area contributed by atoms with Crippen LogP contribution in [0.3, 0.4) is 0 Å². The Balaban J connectivity index is 2.32. The molecular formula is C15H24N4O. The lowest BCUT2D eigenvalue weighted by Crippen LogP contribution is -2.41. The third kappa shape index (κ3) is 3.08. The van der Waals surface area contributed by atoms with Gasteiger partial charge in [0.1, 0.15) is 17.7 Å². The summed E-state index contributed by atoms with van der Waals surface area (Å²) in [5, 5.41) is 3.27. The number of anilines is 1. The van der Waals surface area contributed by atoms with Crippen molar-refractivity contribution < 1.29 is 4.79 Å². The first-order valence-corrected chi connectivity index (χ1v) is 7.45. The number of carbonyl (C=O) groups excluding carboxylic acids is 1. The van der Waals surface area contributed by atoms with Crippen LogP contribution in [0.15, 0.2) is 0 Å². The normalized spacial score (nSPS) is 17.1. The van der Waals surface area contributed by atoms with E-state index in [1.165, 1.54) is 6.42 Å². The van der Waals surface area contributed by atoms with Crippen molar-refractivity contribution in [2.75, 3.05) is 5.32 Å². The van der Waals surface area contributed by atoms with Gasteiger partial charge in [-0.2, -0.15) is 0 Å². The Labute approximate surface area is 120 Å². The monoisotopic (exact) mass is 276 g/mol. The number of hydrogen-bond acceptors (Lipinski definition) is 4. The Kier molecular flexibility index (Phi) is 4.57. The fourth-order valence-electron chi connectivity index (χ4n) is 2.71. The van der Waals surface area contributed by atoms with Crippen LogP contribution in [0.5, 0.6) is 0 Å². The van der Waals surface area contributed by atoms with E-state index in [1.54, 1.807) is 0 Å². The number of primary amides is 1. The van der Waals surface area contributed by atoms with Crippen LogP contribution < -0.4 is 11.1 Å². The number of nitrogens with two attached hydrogens (primary N) is 1. The molecule has 5 heteroatoms. The zero-order chi connectivity index (χ0) is 14.7. The van der Waals surface area contributed by atoms with Gasteiger partial charge in [0.25, 0.3) is 0 Å². The summed E-state index contributed by atoms with van der Waals surface area (Å²) in [5.41, 5.74) is 7.82. The number of aromatic nitrogens is 2. The Morgan fingerprint density at radius 3 is 2.70 bits per heavy atom. The third-order valence-corrected chi connectivity index (χ3v) is 4.11. The van der Waals surface area contributed by atoms with Crippen molar-refractivity contribution in [3.05, 3.63) is 17.1 Å². The SMILES string of the molecule is CCC(C)C(Nc1nc(C)nc2c1CCCC2)C(N)=O. The lowest BCUT2D eigenvalue weighted by atomic mass is 9.94. The molecule has 20 heavy (non-hydrogen) atoms. The topological polar surface area (TPSA) is 80.9 Å². The van der Waals surface area contributed by atoms with Crippen LogP contribution in [-0.4, -0.2) is 21.9 Å². The van der Waals surface area contributed by atoms with Crippen LogP contribution in [0.1, 0.15) is 50.2 Å². The molecule has 5 nitrogen and oxygen atoms in total. The first-order valence-electron chi connectivity index (χ1n) is 7.45. The summed E-state index contributed by atoms with van der Waals surface area (Å²) >= 11 is 0. The fourth-order valence-corrected chi connectivity index (χ4v) is 2.71. The maximum atomic E-state index is 11.7. The van der Waals surface area contributed by atoms with Crippen LogP contribution in [-0.2, 0) is 17.6 Å². The lowest BCUT2D eigenvalue weighted by Gasteiger charge is -2.25. The van der Waals surface area contributed by atoms with Gasteiger partial charge in [0, 0.05) is 11.3 Å². The van der Waals surface area contributed by atoms with Gasteiger partial charge in [-0.15, -0.1) is 0 Å². The number of nitrogens with zero attached hydrogens (tertiary/aromatic N) is 2. The number of rotatable bonds is 5. The molecule has 1 amide bonds.